The predicted molar refractivity (Wildman–Crippen MR) is 120 cm³/mol. The molecule has 1 N–H and O–H groups in total. The van der Waals surface area contributed by atoms with Crippen LogP contribution in [0.25, 0.3) is 0 Å². The van der Waals surface area contributed by atoms with Gasteiger partial charge in [-0.15, -0.1) is 10.2 Å². The molecule has 0 bridgehead atoms. The van der Waals surface area contributed by atoms with Gasteiger partial charge in [0, 0.05) is 38.5 Å². The zero-order valence-corrected chi connectivity index (χ0v) is 18.7. The van der Waals surface area contributed by atoms with E-state index in [0.29, 0.717) is 12.8 Å². The summed E-state index contributed by atoms with van der Waals surface area (Å²) in [7, 11) is 1.95. The summed E-state index contributed by atoms with van der Waals surface area (Å²) in [6.45, 7) is 7.27. The van der Waals surface area contributed by atoms with Crippen LogP contribution >= 0.6 is 0 Å². The second kappa shape index (κ2) is 12.4. The van der Waals surface area contributed by atoms with Gasteiger partial charge in [0.15, 0.2) is 0 Å². The van der Waals surface area contributed by atoms with E-state index in [1.54, 1.807) is 0 Å². The van der Waals surface area contributed by atoms with E-state index in [1.165, 1.54) is 55.3 Å². The quantitative estimate of drug-likeness (QED) is 0.614. The van der Waals surface area contributed by atoms with Crippen LogP contribution in [0.4, 0.5) is 5.69 Å². The standard InChI is InChI=1S/C15H25N3O.C9H13N/c1-2-18-14(9-6-12-19)16-17-15(18)11-10-13-7-4-3-5-8-13;1-7-5-4-6-9(10-3)8(7)2/h12-13H,2-11H2,1H3;4-6,10H,1-3H3. The van der Waals surface area contributed by atoms with Gasteiger partial charge in [-0.05, 0) is 50.3 Å². The zero-order valence-electron chi connectivity index (χ0n) is 18.7. The number of nitrogens with one attached hydrogen (secondary N) is 1. The van der Waals surface area contributed by atoms with Gasteiger partial charge in [-0.2, -0.15) is 0 Å². The third-order valence-electron chi connectivity index (χ3n) is 6.08. The van der Waals surface area contributed by atoms with Crippen molar-refractivity contribution in [2.24, 2.45) is 5.92 Å². The molecule has 2 aromatic rings. The smallest absolute Gasteiger partial charge is 0.133 e. The van der Waals surface area contributed by atoms with Gasteiger partial charge in [-0.1, -0.05) is 44.2 Å². The molecule has 5 nitrogen and oxygen atoms in total. The summed E-state index contributed by atoms with van der Waals surface area (Å²) < 4.78 is 2.19. The van der Waals surface area contributed by atoms with Gasteiger partial charge >= 0.3 is 0 Å². The first-order valence-corrected chi connectivity index (χ1v) is 11.2. The lowest BCUT2D eigenvalue weighted by Crippen LogP contribution is -2.11. The number of aldehydes is 1. The number of anilines is 1. The van der Waals surface area contributed by atoms with E-state index in [-0.39, 0.29) is 0 Å². The van der Waals surface area contributed by atoms with Gasteiger partial charge in [-0.25, -0.2) is 0 Å². The number of hydrogen-bond donors (Lipinski definition) is 1. The highest BCUT2D eigenvalue weighted by Gasteiger charge is 2.16. The topological polar surface area (TPSA) is 59.8 Å². The van der Waals surface area contributed by atoms with E-state index >= 15 is 0 Å². The largest absolute Gasteiger partial charge is 0.388 e. The number of benzene rings is 1. The maximum Gasteiger partial charge on any atom is 0.133 e. The van der Waals surface area contributed by atoms with Crippen molar-refractivity contribution >= 4 is 12.0 Å². The molecule has 1 aliphatic carbocycles. The van der Waals surface area contributed by atoms with Crippen molar-refractivity contribution in [1.82, 2.24) is 14.8 Å². The maximum absolute atomic E-state index is 10.5. The average Bonchev–Trinajstić information content (AvgIpc) is 3.15. The Labute approximate surface area is 176 Å². The van der Waals surface area contributed by atoms with Gasteiger partial charge in [0.25, 0.3) is 0 Å². The Kier molecular flexibility index (Phi) is 9.89. The van der Waals surface area contributed by atoms with Crippen molar-refractivity contribution < 1.29 is 4.79 Å². The van der Waals surface area contributed by atoms with Crippen LogP contribution in [0.15, 0.2) is 18.2 Å². The summed E-state index contributed by atoms with van der Waals surface area (Å²) >= 11 is 0. The Morgan fingerprint density at radius 1 is 1.10 bits per heavy atom. The van der Waals surface area contributed by atoms with Crippen LogP contribution in [0.2, 0.25) is 0 Å². The fourth-order valence-electron chi connectivity index (χ4n) is 4.13. The van der Waals surface area contributed by atoms with Crippen molar-refractivity contribution in [3.05, 3.63) is 41.0 Å². The SMILES string of the molecule is CCn1c(CCC=O)nnc1CCC1CCCCC1.CNc1cccc(C)c1C. The predicted octanol–water partition coefficient (Wildman–Crippen LogP) is 5.29. The van der Waals surface area contributed by atoms with Gasteiger partial charge < -0.3 is 14.7 Å². The first kappa shape index (κ1) is 23.1. The van der Waals surface area contributed by atoms with Crippen molar-refractivity contribution in [3.63, 3.8) is 0 Å². The number of aryl methyl sites for hydroxylation is 3. The van der Waals surface area contributed by atoms with E-state index in [9.17, 15) is 4.79 Å². The number of carbonyl (C=O) groups is 1. The fourth-order valence-corrected chi connectivity index (χ4v) is 4.13. The van der Waals surface area contributed by atoms with Crippen molar-refractivity contribution in [1.29, 1.82) is 0 Å². The summed E-state index contributed by atoms with van der Waals surface area (Å²) in [6, 6.07) is 6.27. The molecule has 0 atom stereocenters. The molecular formula is C24H38N4O. The van der Waals surface area contributed by atoms with Crippen molar-refractivity contribution in [3.8, 4) is 0 Å². The molecule has 1 fully saturated rings. The fraction of sp³-hybridized carbons (Fsp3) is 0.625. The molecule has 5 heteroatoms. The van der Waals surface area contributed by atoms with Crippen LogP contribution < -0.4 is 5.32 Å². The number of rotatable bonds is 8. The molecule has 0 amide bonds. The monoisotopic (exact) mass is 398 g/mol. The number of hydrogen-bond acceptors (Lipinski definition) is 4. The van der Waals surface area contributed by atoms with Crippen LogP contribution in [-0.2, 0) is 24.2 Å². The molecule has 29 heavy (non-hydrogen) atoms. The highest BCUT2D eigenvalue weighted by atomic mass is 16.1. The average molecular weight is 399 g/mol. The Bertz CT molecular complexity index is 747. The van der Waals surface area contributed by atoms with E-state index in [0.717, 1.165) is 36.8 Å². The lowest BCUT2D eigenvalue weighted by Gasteiger charge is -2.21. The molecule has 1 saturated carbocycles. The van der Waals surface area contributed by atoms with Gasteiger partial charge in [0.2, 0.25) is 0 Å². The van der Waals surface area contributed by atoms with Crippen LogP contribution in [0.5, 0.6) is 0 Å². The highest BCUT2D eigenvalue weighted by molar-refractivity contribution is 5.53. The van der Waals surface area contributed by atoms with Crippen LogP contribution in [0.1, 0.15) is 74.6 Å². The molecule has 0 aliphatic heterocycles. The molecule has 0 unspecified atom stereocenters. The molecule has 0 saturated heterocycles. The summed E-state index contributed by atoms with van der Waals surface area (Å²) in [5, 5.41) is 11.7. The molecular weight excluding hydrogens is 360 g/mol. The Hall–Kier alpha value is -2.17. The molecule has 0 radical (unpaired) electrons. The Balaban J connectivity index is 0.000000253. The number of aromatic nitrogens is 3. The molecule has 1 aromatic heterocycles. The molecule has 1 heterocycles. The number of carbonyl (C=O) groups excluding carboxylic acids is 1. The normalized spacial score (nSPS) is 14.2. The Morgan fingerprint density at radius 2 is 1.79 bits per heavy atom. The summed E-state index contributed by atoms with van der Waals surface area (Å²) in [6.07, 6.45) is 11.5. The zero-order chi connectivity index (χ0) is 21.1. The first-order chi connectivity index (χ1) is 14.1. The van der Waals surface area contributed by atoms with Gasteiger partial charge in [0.05, 0.1) is 0 Å². The van der Waals surface area contributed by atoms with E-state index in [4.69, 9.17) is 0 Å². The molecule has 0 spiro atoms. The third-order valence-corrected chi connectivity index (χ3v) is 6.08. The number of nitrogens with zero attached hydrogens (tertiary/aromatic N) is 3. The maximum atomic E-state index is 10.5. The summed E-state index contributed by atoms with van der Waals surface area (Å²) in [5.41, 5.74) is 3.90. The van der Waals surface area contributed by atoms with Crippen molar-refractivity contribution in [2.45, 2.75) is 85.1 Å². The van der Waals surface area contributed by atoms with E-state index in [1.807, 2.05) is 7.05 Å². The van der Waals surface area contributed by atoms with Crippen LogP contribution in [0, 0.1) is 19.8 Å². The lowest BCUT2D eigenvalue weighted by molar-refractivity contribution is -0.107. The Morgan fingerprint density at radius 3 is 2.38 bits per heavy atom. The van der Waals surface area contributed by atoms with Crippen molar-refractivity contribution in [2.75, 3.05) is 12.4 Å². The van der Waals surface area contributed by atoms with E-state index < -0.39 is 0 Å². The minimum absolute atomic E-state index is 0.542. The van der Waals surface area contributed by atoms with Crippen LogP contribution in [-0.4, -0.2) is 28.1 Å². The van der Waals surface area contributed by atoms with E-state index in [2.05, 4.69) is 59.1 Å². The van der Waals surface area contributed by atoms with Gasteiger partial charge in [-0.3, -0.25) is 0 Å². The minimum Gasteiger partial charge on any atom is -0.388 e. The molecule has 160 valence electrons. The van der Waals surface area contributed by atoms with Crippen LogP contribution in [0.3, 0.4) is 0 Å². The highest BCUT2D eigenvalue weighted by Crippen LogP contribution is 2.27. The second-order valence-corrected chi connectivity index (χ2v) is 8.02. The molecule has 3 rings (SSSR count). The molecule has 1 aliphatic rings. The van der Waals surface area contributed by atoms with Gasteiger partial charge in [0.1, 0.15) is 17.9 Å². The summed E-state index contributed by atoms with van der Waals surface area (Å²) in [5.74, 6) is 2.95. The lowest BCUT2D eigenvalue weighted by atomic mass is 9.86. The second-order valence-electron chi connectivity index (χ2n) is 8.02. The molecule has 1 aromatic carbocycles. The summed E-state index contributed by atoms with van der Waals surface area (Å²) in [4.78, 5) is 10.5. The third kappa shape index (κ3) is 6.98. The first-order valence-electron chi connectivity index (χ1n) is 11.2. The minimum atomic E-state index is 0.542.